The monoisotopic (exact) mass is 314 g/mol. The van der Waals surface area contributed by atoms with E-state index >= 15 is 0 Å². The summed E-state index contributed by atoms with van der Waals surface area (Å²) in [6, 6.07) is 8.06. The molecule has 1 aliphatic rings. The van der Waals surface area contributed by atoms with Crippen molar-refractivity contribution in [1.82, 2.24) is 20.4 Å². The molecule has 1 fully saturated rings. The minimum Gasteiger partial charge on any atom is -0.494 e. The molecular formula is C17H22N4O2. The summed E-state index contributed by atoms with van der Waals surface area (Å²) in [6.45, 7) is 5.47. The Balaban J connectivity index is 1.66. The molecule has 0 saturated carbocycles. The lowest BCUT2D eigenvalue weighted by Gasteiger charge is -2.30. The van der Waals surface area contributed by atoms with Crippen LogP contribution in [0.2, 0.25) is 0 Å². The largest absolute Gasteiger partial charge is 0.494 e. The standard InChI is InChI=1S/C17H22N4O2/c1-3-22-14-7-4-13(5-8-14)6-9-16-19-17(20-23-16)15-12-18-10-11-21(15)2/h4-9,15,18H,3,10-12H2,1-2H3/b9-6+. The lowest BCUT2D eigenvalue weighted by atomic mass is 10.2. The van der Waals surface area contributed by atoms with Gasteiger partial charge in [-0.25, -0.2) is 0 Å². The second-order valence-electron chi connectivity index (χ2n) is 5.53. The summed E-state index contributed by atoms with van der Waals surface area (Å²) in [7, 11) is 2.08. The maximum atomic E-state index is 5.43. The highest BCUT2D eigenvalue weighted by Crippen LogP contribution is 2.19. The first-order valence-electron chi connectivity index (χ1n) is 7.92. The first-order valence-corrected chi connectivity index (χ1v) is 7.92. The van der Waals surface area contributed by atoms with Crippen molar-refractivity contribution in [1.29, 1.82) is 0 Å². The van der Waals surface area contributed by atoms with Gasteiger partial charge < -0.3 is 14.6 Å². The molecule has 23 heavy (non-hydrogen) atoms. The third kappa shape index (κ3) is 3.97. The van der Waals surface area contributed by atoms with Crippen molar-refractivity contribution in [3.8, 4) is 5.75 Å². The van der Waals surface area contributed by atoms with Crippen molar-refractivity contribution in [3.05, 3.63) is 41.5 Å². The topological polar surface area (TPSA) is 63.4 Å². The average Bonchev–Trinajstić information content (AvgIpc) is 3.04. The number of hydrogen-bond donors (Lipinski definition) is 1. The Hall–Kier alpha value is -2.18. The highest BCUT2D eigenvalue weighted by atomic mass is 16.5. The van der Waals surface area contributed by atoms with Crippen molar-refractivity contribution < 1.29 is 9.26 Å². The Kier molecular flexibility index (Phi) is 5.05. The smallest absolute Gasteiger partial charge is 0.250 e. The van der Waals surface area contributed by atoms with E-state index in [1.165, 1.54) is 0 Å². The lowest BCUT2D eigenvalue weighted by molar-refractivity contribution is 0.190. The van der Waals surface area contributed by atoms with Gasteiger partial charge >= 0.3 is 0 Å². The highest BCUT2D eigenvalue weighted by molar-refractivity contribution is 5.66. The van der Waals surface area contributed by atoms with Gasteiger partial charge in [-0.1, -0.05) is 17.3 Å². The van der Waals surface area contributed by atoms with Gasteiger partial charge in [-0.3, -0.25) is 4.90 Å². The third-order valence-corrected chi connectivity index (χ3v) is 3.88. The van der Waals surface area contributed by atoms with E-state index in [4.69, 9.17) is 9.26 Å². The van der Waals surface area contributed by atoms with Crippen molar-refractivity contribution in [2.75, 3.05) is 33.3 Å². The second-order valence-corrected chi connectivity index (χ2v) is 5.53. The van der Waals surface area contributed by atoms with Gasteiger partial charge in [0.15, 0.2) is 5.82 Å². The van der Waals surface area contributed by atoms with E-state index in [0.29, 0.717) is 12.5 Å². The molecule has 0 spiro atoms. The molecule has 1 aromatic heterocycles. The van der Waals surface area contributed by atoms with Gasteiger partial charge in [0, 0.05) is 25.7 Å². The van der Waals surface area contributed by atoms with Crippen molar-refractivity contribution in [3.63, 3.8) is 0 Å². The van der Waals surface area contributed by atoms with E-state index < -0.39 is 0 Å². The maximum absolute atomic E-state index is 5.43. The first-order chi connectivity index (χ1) is 11.3. The van der Waals surface area contributed by atoms with Gasteiger partial charge in [-0.15, -0.1) is 0 Å². The fourth-order valence-electron chi connectivity index (χ4n) is 2.55. The number of benzene rings is 1. The molecule has 6 heteroatoms. The Bertz CT molecular complexity index is 651. The van der Waals surface area contributed by atoms with Gasteiger partial charge in [0.25, 0.3) is 5.89 Å². The SMILES string of the molecule is CCOc1ccc(/C=C/c2nc(C3CNCCN3C)no2)cc1. The summed E-state index contributed by atoms with van der Waals surface area (Å²) in [5.41, 5.74) is 1.06. The summed E-state index contributed by atoms with van der Waals surface area (Å²) in [4.78, 5) is 6.71. The lowest BCUT2D eigenvalue weighted by Crippen LogP contribution is -2.44. The Morgan fingerprint density at radius 3 is 2.91 bits per heavy atom. The number of rotatable bonds is 5. The van der Waals surface area contributed by atoms with Crippen LogP contribution in [-0.2, 0) is 0 Å². The summed E-state index contributed by atoms with van der Waals surface area (Å²) < 4.78 is 10.8. The van der Waals surface area contributed by atoms with Crippen molar-refractivity contribution in [2.24, 2.45) is 0 Å². The van der Waals surface area contributed by atoms with Crippen LogP contribution in [0.25, 0.3) is 12.2 Å². The summed E-state index contributed by atoms with van der Waals surface area (Å²) in [5, 5.41) is 7.46. The third-order valence-electron chi connectivity index (χ3n) is 3.88. The summed E-state index contributed by atoms with van der Waals surface area (Å²) in [5.74, 6) is 2.12. The predicted molar refractivity (Wildman–Crippen MR) is 89.1 cm³/mol. The van der Waals surface area contributed by atoms with E-state index in [1.54, 1.807) is 0 Å². The van der Waals surface area contributed by atoms with E-state index in [-0.39, 0.29) is 6.04 Å². The van der Waals surface area contributed by atoms with Crippen molar-refractivity contribution in [2.45, 2.75) is 13.0 Å². The minimum absolute atomic E-state index is 0.167. The van der Waals surface area contributed by atoms with Crippen LogP contribution >= 0.6 is 0 Å². The number of aromatic nitrogens is 2. The highest BCUT2D eigenvalue weighted by Gasteiger charge is 2.24. The zero-order valence-electron chi connectivity index (χ0n) is 13.5. The molecule has 122 valence electrons. The molecular weight excluding hydrogens is 292 g/mol. The number of nitrogens with one attached hydrogen (secondary N) is 1. The molecule has 0 bridgehead atoms. The molecule has 0 aliphatic carbocycles. The van der Waals surface area contributed by atoms with E-state index in [2.05, 4.69) is 27.4 Å². The van der Waals surface area contributed by atoms with E-state index in [0.717, 1.165) is 36.8 Å². The van der Waals surface area contributed by atoms with Crippen LogP contribution in [0.15, 0.2) is 28.8 Å². The van der Waals surface area contributed by atoms with E-state index in [9.17, 15) is 0 Å². The Labute approximate surface area is 136 Å². The van der Waals surface area contributed by atoms with Crippen LogP contribution in [0, 0.1) is 0 Å². The van der Waals surface area contributed by atoms with Gasteiger partial charge in [-0.05, 0) is 37.7 Å². The minimum atomic E-state index is 0.167. The molecule has 3 rings (SSSR count). The van der Waals surface area contributed by atoms with Crippen LogP contribution in [0.1, 0.15) is 30.2 Å². The van der Waals surface area contributed by atoms with Gasteiger partial charge in [0.05, 0.1) is 12.6 Å². The second kappa shape index (κ2) is 7.39. The zero-order chi connectivity index (χ0) is 16.1. The molecule has 2 aromatic rings. The normalized spacial score (nSPS) is 19.3. The molecule has 6 nitrogen and oxygen atoms in total. The van der Waals surface area contributed by atoms with Crippen molar-refractivity contribution >= 4 is 12.2 Å². The zero-order valence-corrected chi connectivity index (χ0v) is 13.5. The number of likely N-dealkylation sites (N-methyl/N-ethyl adjacent to an activating group) is 1. The van der Waals surface area contributed by atoms with Crippen LogP contribution in [0.3, 0.4) is 0 Å². The number of nitrogens with zero attached hydrogens (tertiary/aromatic N) is 3. The maximum Gasteiger partial charge on any atom is 0.250 e. The first kappa shape index (κ1) is 15.7. The van der Waals surface area contributed by atoms with Crippen LogP contribution in [0.4, 0.5) is 0 Å². The van der Waals surface area contributed by atoms with Crippen LogP contribution in [0.5, 0.6) is 5.75 Å². The number of ether oxygens (including phenoxy) is 1. The molecule has 0 amide bonds. The molecule has 1 saturated heterocycles. The summed E-state index contributed by atoms with van der Waals surface area (Å²) in [6.07, 6.45) is 3.79. The molecule has 1 aromatic carbocycles. The van der Waals surface area contributed by atoms with Gasteiger partial charge in [0.1, 0.15) is 5.75 Å². The molecule has 0 radical (unpaired) electrons. The fourth-order valence-corrected chi connectivity index (χ4v) is 2.55. The number of hydrogen-bond acceptors (Lipinski definition) is 6. The van der Waals surface area contributed by atoms with E-state index in [1.807, 2.05) is 43.3 Å². The Morgan fingerprint density at radius 1 is 1.35 bits per heavy atom. The fraction of sp³-hybridized carbons (Fsp3) is 0.412. The molecule has 1 N–H and O–H groups in total. The quantitative estimate of drug-likeness (QED) is 0.913. The van der Waals surface area contributed by atoms with Crippen LogP contribution in [-0.4, -0.2) is 48.3 Å². The molecule has 1 atom stereocenters. The van der Waals surface area contributed by atoms with Gasteiger partial charge in [0.2, 0.25) is 0 Å². The Morgan fingerprint density at radius 2 is 2.17 bits per heavy atom. The molecule has 2 heterocycles. The molecule has 1 unspecified atom stereocenters. The predicted octanol–water partition coefficient (Wildman–Crippen LogP) is 2.21. The van der Waals surface area contributed by atoms with Crippen LogP contribution < -0.4 is 10.1 Å². The average molecular weight is 314 g/mol. The number of piperazine rings is 1. The summed E-state index contributed by atoms with van der Waals surface area (Å²) >= 11 is 0. The molecule has 1 aliphatic heterocycles. The van der Waals surface area contributed by atoms with Gasteiger partial charge in [-0.2, -0.15) is 4.98 Å².